The number of carbonyl (C=O) groups excluding carboxylic acids is 1. The Morgan fingerprint density at radius 3 is 2.96 bits per heavy atom. The van der Waals surface area contributed by atoms with E-state index in [1.54, 1.807) is 6.92 Å². The minimum atomic E-state index is -0.591. The summed E-state index contributed by atoms with van der Waals surface area (Å²) in [5, 5.41) is 5.50. The summed E-state index contributed by atoms with van der Waals surface area (Å²) in [6.45, 7) is 7.13. The third-order valence-electron chi connectivity index (χ3n) is 4.40. The van der Waals surface area contributed by atoms with Crippen LogP contribution in [0.1, 0.15) is 32.4 Å². The van der Waals surface area contributed by atoms with E-state index < -0.39 is 6.10 Å². The second-order valence-corrected chi connectivity index (χ2v) is 8.60. The number of ether oxygens (including phenoxy) is 1. The highest BCUT2D eigenvalue weighted by Crippen LogP contribution is 2.22. The Hall–Kier alpha value is -1.44. The number of anilines is 1. The highest BCUT2D eigenvalue weighted by Gasteiger charge is 2.19. The van der Waals surface area contributed by atoms with Crippen molar-refractivity contribution in [1.29, 1.82) is 0 Å². The highest BCUT2D eigenvalue weighted by atomic mass is 79.9. The van der Waals surface area contributed by atoms with Crippen LogP contribution in [0.4, 0.5) is 5.13 Å². The summed E-state index contributed by atoms with van der Waals surface area (Å²) in [4.78, 5) is 19.3. The number of rotatable bonds is 6. The van der Waals surface area contributed by atoms with Gasteiger partial charge in [0.25, 0.3) is 5.91 Å². The van der Waals surface area contributed by atoms with Gasteiger partial charge in [0, 0.05) is 22.9 Å². The summed E-state index contributed by atoms with van der Waals surface area (Å²) >= 11 is 4.84. The number of hydrogen-bond acceptors (Lipinski definition) is 5. The van der Waals surface area contributed by atoms with Gasteiger partial charge in [-0.2, -0.15) is 0 Å². The molecule has 0 aliphatic carbocycles. The van der Waals surface area contributed by atoms with E-state index in [0.29, 0.717) is 10.9 Å². The maximum absolute atomic E-state index is 12.3. The first-order chi connectivity index (χ1) is 12.5. The third kappa shape index (κ3) is 5.53. The van der Waals surface area contributed by atoms with Gasteiger partial charge in [0.2, 0.25) is 0 Å². The lowest BCUT2D eigenvalue weighted by Gasteiger charge is -2.30. The zero-order valence-electron chi connectivity index (χ0n) is 15.1. The van der Waals surface area contributed by atoms with Crippen LogP contribution in [0, 0.1) is 5.92 Å². The van der Waals surface area contributed by atoms with Crippen LogP contribution < -0.4 is 10.1 Å². The van der Waals surface area contributed by atoms with Gasteiger partial charge in [-0.3, -0.25) is 15.0 Å². The molecular weight excluding hydrogens is 414 g/mol. The van der Waals surface area contributed by atoms with E-state index in [1.807, 2.05) is 29.6 Å². The monoisotopic (exact) mass is 437 g/mol. The maximum atomic E-state index is 12.3. The lowest BCUT2D eigenvalue weighted by molar-refractivity contribution is -0.122. The molecule has 26 heavy (non-hydrogen) atoms. The first-order valence-corrected chi connectivity index (χ1v) is 10.6. The van der Waals surface area contributed by atoms with Crippen molar-refractivity contribution in [2.75, 3.05) is 18.4 Å². The lowest BCUT2D eigenvalue weighted by Crippen LogP contribution is -2.33. The number of amides is 1. The number of aromatic nitrogens is 1. The van der Waals surface area contributed by atoms with Crippen LogP contribution in [0.2, 0.25) is 0 Å². The van der Waals surface area contributed by atoms with Crippen molar-refractivity contribution < 1.29 is 9.53 Å². The molecule has 3 rings (SSSR count). The topological polar surface area (TPSA) is 54.5 Å². The largest absolute Gasteiger partial charge is 0.481 e. The van der Waals surface area contributed by atoms with E-state index >= 15 is 0 Å². The van der Waals surface area contributed by atoms with Gasteiger partial charge in [-0.25, -0.2) is 4.98 Å². The summed E-state index contributed by atoms with van der Waals surface area (Å²) in [6.07, 6.45) is 1.97. The number of likely N-dealkylation sites (tertiary alicyclic amines) is 1. The minimum absolute atomic E-state index is 0.194. The average Bonchev–Trinajstić information content (AvgIpc) is 3.03. The van der Waals surface area contributed by atoms with E-state index in [9.17, 15) is 4.79 Å². The number of hydrogen-bond donors (Lipinski definition) is 1. The lowest BCUT2D eigenvalue weighted by atomic mass is 10.0. The van der Waals surface area contributed by atoms with Crippen molar-refractivity contribution in [3.05, 3.63) is 39.8 Å². The molecule has 2 atom stereocenters. The van der Waals surface area contributed by atoms with Crippen molar-refractivity contribution in [1.82, 2.24) is 9.88 Å². The molecule has 0 radical (unpaired) electrons. The predicted octanol–water partition coefficient (Wildman–Crippen LogP) is 4.54. The van der Waals surface area contributed by atoms with Gasteiger partial charge >= 0.3 is 0 Å². The molecule has 1 aromatic carbocycles. The average molecular weight is 438 g/mol. The summed E-state index contributed by atoms with van der Waals surface area (Å²) in [5.74, 6) is 1.22. The zero-order valence-corrected chi connectivity index (χ0v) is 17.5. The molecule has 2 aromatic rings. The van der Waals surface area contributed by atoms with Gasteiger partial charge in [0.1, 0.15) is 5.75 Å². The van der Waals surface area contributed by atoms with Crippen LogP contribution in [-0.2, 0) is 11.3 Å². The molecule has 0 saturated carbocycles. The molecule has 1 saturated heterocycles. The van der Waals surface area contributed by atoms with Gasteiger partial charge in [-0.1, -0.05) is 22.9 Å². The van der Waals surface area contributed by atoms with Gasteiger partial charge in [0.15, 0.2) is 11.2 Å². The Morgan fingerprint density at radius 1 is 1.46 bits per heavy atom. The molecule has 2 heterocycles. The molecule has 1 fully saturated rings. The number of carbonyl (C=O) groups is 1. The van der Waals surface area contributed by atoms with Crippen LogP contribution >= 0.6 is 27.3 Å². The molecule has 1 aromatic heterocycles. The zero-order chi connectivity index (χ0) is 18.5. The van der Waals surface area contributed by atoms with Gasteiger partial charge in [-0.05, 0) is 56.5 Å². The van der Waals surface area contributed by atoms with Crippen molar-refractivity contribution >= 4 is 38.3 Å². The first kappa shape index (κ1) is 19.3. The van der Waals surface area contributed by atoms with Gasteiger partial charge in [0.05, 0.1) is 5.69 Å². The van der Waals surface area contributed by atoms with Gasteiger partial charge in [-0.15, -0.1) is 11.3 Å². The standard InChI is InChI=1S/C19H24BrN3O2S/c1-13-4-3-9-23(10-13)11-16-12-26-19(21-16)22-18(24)14(2)25-17-7-5-15(20)6-8-17/h5-8,12-14H,3-4,9-11H2,1-2H3,(H,21,22,24)/t13-,14-/m0/s1. The minimum Gasteiger partial charge on any atom is -0.481 e. The molecule has 7 heteroatoms. The van der Waals surface area contributed by atoms with Crippen LogP contribution in [-0.4, -0.2) is 35.0 Å². The first-order valence-electron chi connectivity index (χ1n) is 8.89. The fourth-order valence-corrected chi connectivity index (χ4v) is 4.04. The van der Waals surface area contributed by atoms with E-state index in [-0.39, 0.29) is 5.91 Å². The Bertz CT molecular complexity index is 735. The normalized spacial score (nSPS) is 19.1. The number of thiazole rings is 1. The van der Waals surface area contributed by atoms with Crippen LogP contribution in [0.15, 0.2) is 34.1 Å². The number of nitrogens with zero attached hydrogens (tertiary/aromatic N) is 2. The van der Waals surface area contributed by atoms with Crippen LogP contribution in [0.25, 0.3) is 0 Å². The SMILES string of the molecule is C[C@H]1CCCN(Cc2csc(NC(=O)[C@H](C)Oc3ccc(Br)cc3)n2)C1. The molecule has 0 unspecified atom stereocenters. The molecule has 1 N–H and O–H groups in total. The summed E-state index contributed by atoms with van der Waals surface area (Å²) < 4.78 is 6.65. The second kappa shape index (κ2) is 8.97. The molecule has 1 aliphatic rings. The van der Waals surface area contributed by atoms with Crippen molar-refractivity contribution in [3.8, 4) is 5.75 Å². The quantitative estimate of drug-likeness (QED) is 0.720. The van der Waals surface area contributed by atoms with E-state index in [1.165, 1.54) is 24.2 Å². The molecule has 1 amide bonds. The number of nitrogens with one attached hydrogen (secondary N) is 1. The summed E-state index contributed by atoms with van der Waals surface area (Å²) in [5.41, 5.74) is 1.01. The van der Waals surface area contributed by atoms with Crippen molar-refractivity contribution in [2.45, 2.75) is 39.3 Å². The highest BCUT2D eigenvalue weighted by molar-refractivity contribution is 9.10. The van der Waals surface area contributed by atoms with Crippen LogP contribution in [0.3, 0.4) is 0 Å². The van der Waals surface area contributed by atoms with E-state index in [0.717, 1.165) is 35.7 Å². The van der Waals surface area contributed by atoms with Crippen molar-refractivity contribution in [2.24, 2.45) is 5.92 Å². The Balaban J connectivity index is 1.51. The maximum Gasteiger partial charge on any atom is 0.266 e. The third-order valence-corrected chi connectivity index (χ3v) is 5.74. The second-order valence-electron chi connectivity index (χ2n) is 6.83. The molecule has 1 aliphatic heterocycles. The Kier molecular flexibility index (Phi) is 6.67. The molecule has 140 valence electrons. The molecule has 5 nitrogen and oxygen atoms in total. The summed E-state index contributed by atoms with van der Waals surface area (Å²) in [6, 6.07) is 7.42. The Morgan fingerprint density at radius 2 is 2.23 bits per heavy atom. The predicted molar refractivity (Wildman–Crippen MR) is 109 cm³/mol. The Labute approximate surface area is 166 Å². The fourth-order valence-electron chi connectivity index (χ4n) is 3.07. The van der Waals surface area contributed by atoms with Crippen molar-refractivity contribution in [3.63, 3.8) is 0 Å². The number of halogens is 1. The van der Waals surface area contributed by atoms with E-state index in [2.05, 4.69) is 38.1 Å². The number of benzene rings is 1. The molecule has 0 spiro atoms. The molecule has 0 bridgehead atoms. The number of piperidine rings is 1. The van der Waals surface area contributed by atoms with E-state index in [4.69, 9.17) is 4.74 Å². The molecular formula is C19H24BrN3O2S. The van der Waals surface area contributed by atoms with Crippen LogP contribution in [0.5, 0.6) is 5.75 Å². The van der Waals surface area contributed by atoms with Gasteiger partial charge < -0.3 is 4.74 Å². The fraction of sp³-hybridized carbons (Fsp3) is 0.474. The smallest absolute Gasteiger partial charge is 0.266 e. The summed E-state index contributed by atoms with van der Waals surface area (Å²) in [7, 11) is 0.